The van der Waals surface area contributed by atoms with Gasteiger partial charge in [-0.3, -0.25) is 13.9 Å². The van der Waals surface area contributed by atoms with Crippen molar-refractivity contribution in [1.82, 2.24) is 10.2 Å². The van der Waals surface area contributed by atoms with Crippen LogP contribution in [0.2, 0.25) is 5.02 Å². The Hall–Kier alpha value is -3.77. The average Bonchev–Trinajstić information content (AvgIpc) is 2.95. The van der Waals surface area contributed by atoms with Crippen LogP contribution in [0.1, 0.15) is 45.2 Å². The van der Waals surface area contributed by atoms with Crippen molar-refractivity contribution < 1.29 is 35.9 Å². The molecule has 0 saturated carbocycles. The number of anilines is 1. The van der Waals surface area contributed by atoms with Crippen LogP contribution in [0, 0.1) is 0 Å². The van der Waals surface area contributed by atoms with Gasteiger partial charge in [0.15, 0.2) is 0 Å². The van der Waals surface area contributed by atoms with E-state index in [0.717, 1.165) is 12.1 Å². The number of carbonyl (C=O) groups is 2. The summed E-state index contributed by atoms with van der Waals surface area (Å²) in [7, 11) is -3.15. The molecule has 0 aliphatic rings. The van der Waals surface area contributed by atoms with Crippen molar-refractivity contribution >= 4 is 39.1 Å². The van der Waals surface area contributed by atoms with E-state index < -0.39 is 57.4 Å². The van der Waals surface area contributed by atoms with E-state index in [1.807, 2.05) is 0 Å². The van der Waals surface area contributed by atoms with Crippen LogP contribution in [-0.2, 0) is 32.3 Å². The third kappa shape index (κ3) is 8.66. The van der Waals surface area contributed by atoms with Gasteiger partial charge < -0.3 is 15.0 Å². The fourth-order valence-electron chi connectivity index (χ4n) is 4.45. The number of nitrogens with zero attached hydrogens (tertiary/aromatic N) is 2. The van der Waals surface area contributed by atoms with Gasteiger partial charge in [-0.15, -0.1) is 0 Å². The number of rotatable bonds is 11. The number of hydrogen-bond donors (Lipinski definition) is 1. The Morgan fingerprint density at radius 3 is 2.20 bits per heavy atom. The highest BCUT2D eigenvalue weighted by Crippen LogP contribution is 2.37. The SMILES string of the molecule is CCC(C(=O)NC(C)(C)C)N(Cc1cccc(OC)c1)C(=O)CN(c1cc(C(F)(F)F)ccc1Cl)S(=O)(=O)c1ccccc1. The summed E-state index contributed by atoms with van der Waals surface area (Å²) in [6, 6.07) is 14.9. The molecule has 3 aromatic carbocycles. The summed E-state index contributed by atoms with van der Waals surface area (Å²) in [5.41, 5.74) is -1.76. The van der Waals surface area contributed by atoms with Crippen molar-refractivity contribution in [2.45, 2.75) is 63.3 Å². The van der Waals surface area contributed by atoms with Crippen molar-refractivity contribution in [3.05, 3.63) is 88.9 Å². The van der Waals surface area contributed by atoms with Crippen LogP contribution in [0.4, 0.5) is 18.9 Å². The number of ether oxygens (including phenoxy) is 1. The minimum Gasteiger partial charge on any atom is -0.497 e. The van der Waals surface area contributed by atoms with E-state index in [9.17, 15) is 31.2 Å². The van der Waals surface area contributed by atoms with Crippen LogP contribution in [0.3, 0.4) is 0 Å². The van der Waals surface area contributed by atoms with E-state index >= 15 is 0 Å². The lowest BCUT2D eigenvalue weighted by molar-refractivity contribution is -0.141. The first-order chi connectivity index (χ1) is 20.5. The number of halogens is 4. The highest BCUT2D eigenvalue weighted by atomic mass is 35.5. The fourth-order valence-corrected chi connectivity index (χ4v) is 6.17. The zero-order valence-corrected chi connectivity index (χ0v) is 26.6. The minimum atomic E-state index is -4.82. The predicted molar refractivity (Wildman–Crippen MR) is 163 cm³/mol. The minimum absolute atomic E-state index is 0.123. The molecule has 0 fully saturated rings. The van der Waals surface area contributed by atoms with Crippen molar-refractivity contribution in [2.75, 3.05) is 18.0 Å². The van der Waals surface area contributed by atoms with Gasteiger partial charge in [0.05, 0.1) is 28.3 Å². The van der Waals surface area contributed by atoms with Crippen LogP contribution in [0.5, 0.6) is 5.75 Å². The Morgan fingerprint density at radius 1 is 0.977 bits per heavy atom. The summed E-state index contributed by atoms with van der Waals surface area (Å²) in [4.78, 5) is 28.5. The molecule has 238 valence electrons. The number of nitrogens with one attached hydrogen (secondary N) is 1. The normalized spacial score (nSPS) is 12.8. The number of methoxy groups -OCH3 is 1. The van der Waals surface area contributed by atoms with Crippen LogP contribution in [0.15, 0.2) is 77.7 Å². The van der Waals surface area contributed by atoms with Gasteiger partial charge in [-0.05, 0) is 75.2 Å². The highest BCUT2D eigenvalue weighted by Gasteiger charge is 2.37. The second-order valence-electron chi connectivity index (χ2n) is 11.0. The molecule has 1 unspecified atom stereocenters. The van der Waals surface area contributed by atoms with Crippen LogP contribution >= 0.6 is 11.6 Å². The van der Waals surface area contributed by atoms with E-state index in [1.54, 1.807) is 58.0 Å². The number of benzene rings is 3. The summed E-state index contributed by atoms with van der Waals surface area (Å²) >= 11 is 6.30. The molecule has 3 rings (SSSR count). The monoisotopic (exact) mass is 653 g/mol. The lowest BCUT2D eigenvalue weighted by atomic mass is 10.1. The largest absolute Gasteiger partial charge is 0.497 e. The molecule has 0 bridgehead atoms. The smallest absolute Gasteiger partial charge is 0.416 e. The van der Waals surface area contributed by atoms with E-state index in [-0.39, 0.29) is 22.9 Å². The first kappa shape index (κ1) is 34.7. The van der Waals surface area contributed by atoms with Gasteiger partial charge >= 0.3 is 6.18 Å². The third-order valence-corrected chi connectivity index (χ3v) is 8.62. The molecule has 13 heteroatoms. The summed E-state index contributed by atoms with van der Waals surface area (Å²) in [5.74, 6) is -0.825. The average molecular weight is 654 g/mol. The summed E-state index contributed by atoms with van der Waals surface area (Å²) in [6.45, 7) is 5.95. The van der Waals surface area contributed by atoms with Gasteiger partial charge in [-0.2, -0.15) is 13.2 Å². The topological polar surface area (TPSA) is 96.0 Å². The predicted octanol–water partition coefficient (Wildman–Crippen LogP) is 6.28. The first-order valence-corrected chi connectivity index (χ1v) is 15.5. The van der Waals surface area contributed by atoms with Gasteiger partial charge in [0, 0.05) is 12.1 Å². The maximum absolute atomic E-state index is 14.2. The Morgan fingerprint density at radius 2 is 1.64 bits per heavy atom. The van der Waals surface area contributed by atoms with E-state index in [0.29, 0.717) is 21.7 Å². The first-order valence-electron chi connectivity index (χ1n) is 13.7. The molecule has 0 saturated heterocycles. The van der Waals surface area contributed by atoms with E-state index in [2.05, 4.69) is 5.32 Å². The molecular formula is C31H35ClF3N3O5S. The number of carbonyl (C=O) groups excluding carboxylic acids is 2. The number of sulfonamides is 1. The maximum Gasteiger partial charge on any atom is 0.416 e. The lowest BCUT2D eigenvalue weighted by Crippen LogP contribution is -2.55. The molecule has 2 amide bonds. The highest BCUT2D eigenvalue weighted by molar-refractivity contribution is 7.92. The number of hydrogen-bond acceptors (Lipinski definition) is 5. The Kier molecular flexibility index (Phi) is 11.0. The van der Waals surface area contributed by atoms with Crippen molar-refractivity contribution in [3.8, 4) is 5.75 Å². The van der Waals surface area contributed by atoms with Crippen molar-refractivity contribution in [1.29, 1.82) is 0 Å². The molecule has 44 heavy (non-hydrogen) atoms. The van der Waals surface area contributed by atoms with E-state index in [4.69, 9.17) is 16.3 Å². The van der Waals surface area contributed by atoms with Gasteiger partial charge in [0.25, 0.3) is 10.0 Å². The van der Waals surface area contributed by atoms with Crippen LogP contribution in [0.25, 0.3) is 0 Å². The number of amides is 2. The second kappa shape index (κ2) is 13.9. The van der Waals surface area contributed by atoms with Crippen LogP contribution < -0.4 is 14.4 Å². The van der Waals surface area contributed by atoms with Crippen molar-refractivity contribution in [3.63, 3.8) is 0 Å². The third-order valence-electron chi connectivity index (χ3n) is 6.52. The molecule has 3 aromatic rings. The Bertz CT molecular complexity index is 1580. The van der Waals surface area contributed by atoms with Crippen molar-refractivity contribution in [2.24, 2.45) is 0 Å². The number of alkyl halides is 3. The Balaban J connectivity index is 2.17. The molecule has 8 nitrogen and oxygen atoms in total. The van der Waals surface area contributed by atoms with E-state index in [1.165, 1.54) is 36.3 Å². The maximum atomic E-state index is 14.2. The van der Waals surface area contributed by atoms with Gasteiger partial charge in [0.1, 0.15) is 18.3 Å². The molecule has 1 atom stereocenters. The second-order valence-corrected chi connectivity index (χ2v) is 13.3. The molecule has 0 radical (unpaired) electrons. The quantitative estimate of drug-likeness (QED) is 0.263. The standard InChI is InChI=1S/C31H35ClF3N3O5S/c1-6-26(29(40)36-30(2,3)4)37(19-21-11-10-12-23(17-21)43-5)28(39)20-38(44(41,42)24-13-8-7-9-14-24)27-18-22(31(33,34)35)15-16-25(27)32/h7-18,26H,6,19-20H2,1-5H3,(H,36,40). The molecule has 0 aliphatic heterocycles. The molecule has 0 aliphatic carbocycles. The van der Waals surface area contributed by atoms with Gasteiger partial charge in [0.2, 0.25) is 11.8 Å². The summed E-state index contributed by atoms with van der Waals surface area (Å²) in [5, 5.41) is 2.54. The molecule has 0 heterocycles. The summed E-state index contributed by atoms with van der Waals surface area (Å²) < 4.78 is 74.8. The molecule has 0 spiro atoms. The van der Waals surface area contributed by atoms with Gasteiger partial charge in [-0.1, -0.05) is 48.9 Å². The molecule has 1 N–H and O–H groups in total. The zero-order valence-electron chi connectivity index (χ0n) is 25.0. The fraction of sp³-hybridized carbons (Fsp3) is 0.355. The molecule has 0 aromatic heterocycles. The van der Waals surface area contributed by atoms with Crippen LogP contribution in [-0.4, -0.2) is 50.4 Å². The lowest BCUT2D eigenvalue weighted by Gasteiger charge is -2.35. The summed E-state index contributed by atoms with van der Waals surface area (Å²) in [6.07, 6.45) is -4.66. The Labute approximate surface area is 260 Å². The zero-order chi connectivity index (χ0) is 32.9. The van der Waals surface area contributed by atoms with Gasteiger partial charge in [-0.25, -0.2) is 8.42 Å². The molecular weight excluding hydrogens is 619 g/mol.